The SMILES string of the molecule is CCc1ccccc1N=Cc1c(C)[nH]n(-c2cccc(NC(=O)C(F)(F)F)c2)c1=O. The fourth-order valence-corrected chi connectivity index (χ4v) is 2.89. The molecule has 0 saturated heterocycles. The molecule has 3 aromatic rings. The van der Waals surface area contributed by atoms with Gasteiger partial charge in [0.1, 0.15) is 0 Å². The van der Waals surface area contributed by atoms with E-state index in [4.69, 9.17) is 0 Å². The lowest BCUT2D eigenvalue weighted by atomic mass is 10.1. The molecule has 6 nitrogen and oxygen atoms in total. The lowest BCUT2D eigenvalue weighted by Gasteiger charge is -2.09. The quantitative estimate of drug-likeness (QED) is 0.609. The van der Waals surface area contributed by atoms with Gasteiger partial charge in [0.05, 0.1) is 16.9 Å². The highest BCUT2D eigenvalue weighted by molar-refractivity contribution is 5.95. The van der Waals surface area contributed by atoms with Gasteiger partial charge in [-0.05, 0) is 43.2 Å². The topological polar surface area (TPSA) is 79.2 Å². The van der Waals surface area contributed by atoms with Crippen molar-refractivity contribution in [3.8, 4) is 5.69 Å². The second-order valence-corrected chi connectivity index (χ2v) is 6.53. The van der Waals surface area contributed by atoms with Gasteiger partial charge in [0, 0.05) is 17.6 Å². The largest absolute Gasteiger partial charge is 0.471 e. The predicted octanol–water partition coefficient (Wildman–Crippen LogP) is 4.29. The van der Waals surface area contributed by atoms with E-state index < -0.39 is 17.6 Å². The summed E-state index contributed by atoms with van der Waals surface area (Å²) < 4.78 is 38.6. The molecule has 1 amide bonds. The molecule has 0 spiro atoms. The van der Waals surface area contributed by atoms with Gasteiger partial charge in [-0.15, -0.1) is 0 Å². The van der Waals surface area contributed by atoms with E-state index >= 15 is 0 Å². The van der Waals surface area contributed by atoms with Gasteiger partial charge in [0.2, 0.25) is 0 Å². The van der Waals surface area contributed by atoms with E-state index in [9.17, 15) is 22.8 Å². The van der Waals surface area contributed by atoms with Crippen molar-refractivity contribution in [2.75, 3.05) is 5.32 Å². The number of rotatable bonds is 5. The number of nitrogens with zero attached hydrogens (tertiary/aromatic N) is 2. The molecule has 0 bridgehead atoms. The van der Waals surface area contributed by atoms with E-state index in [1.165, 1.54) is 35.2 Å². The van der Waals surface area contributed by atoms with Crippen LogP contribution in [0.3, 0.4) is 0 Å². The second kappa shape index (κ2) is 8.40. The van der Waals surface area contributed by atoms with Gasteiger partial charge in [-0.2, -0.15) is 13.2 Å². The van der Waals surface area contributed by atoms with Crippen LogP contribution in [0, 0.1) is 6.92 Å². The molecule has 2 N–H and O–H groups in total. The first-order chi connectivity index (χ1) is 14.2. The Labute approximate surface area is 170 Å². The van der Waals surface area contributed by atoms with Crippen LogP contribution >= 0.6 is 0 Å². The van der Waals surface area contributed by atoms with Crippen LogP contribution in [0.5, 0.6) is 0 Å². The Balaban J connectivity index is 1.93. The maximum Gasteiger partial charge on any atom is 0.471 e. The minimum atomic E-state index is -5.01. The predicted molar refractivity (Wildman–Crippen MR) is 109 cm³/mol. The van der Waals surface area contributed by atoms with E-state index in [0.29, 0.717) is 11.3 Å². The summed E-state index contributed by atoms with van der Waals surface area (Å²) in [7, 11) is 0. The molecular formula is C21H19F3N4O2. The van der Waals surface area contributed by atoms with Gasteiger partial charge < -0.3 is 5.32 Å². The highest BCUT2D eigenvalue weighted by Crippen LogP contribution is 2.21. The van der Waals surface area contributed by atoms with E-state index in [-0.39, 0.29) is 11.4 Å². The normalized spacial score (nSPS) is 11.8. The zero-order valence-corrected chi connectivity index (χ0v) is 16.2. The summed E-state index contributed by atoms with van der Waals surface area (Å²) in [6, 6.07) is 13.1. The Morgan fingerprint density at radius 2 is 1.93 bits per heavy atom. The lowest BCUT2D eigenvalue weighted by Crippen LogP contribution is -2.30. The van der Waals surface area contributed by atoms with E-state index in [0.717, 1.165) is 17.7 Å². The van der Waals surface area contributed by atoms with Crippen molar-refractivity contribution in [1.82, 2.24) is 9.78 Å². The molecule has 0 unspecified atom stereocenters. The van der Waals surface area contributed by atoms with Gasteiger partial charge in [-0.1, -0.05) is 31.2 Å². The van der Waals surface area contributed by atoms with E-state index in [1.807, 2.05) is 31.2 Å². The number of carbonyl (C=O) groups is 1. The lowest BCUT2D eigenvalue weighted by molar-refractivity contribution is -0.167. The smallest absolute Gasteiger partial charge is 0.318 e. The monoisotopic (exact) mass is 416 g/mol. The number of alkyl halides is 3. The summed E-state index contributed by atoms with van der Waals surface area (Å²) in [5, 5.41) is 4.66. The number of aromatic amines is 1. The number of aryl methyl sites for hydroxylation is 2. The Morgan fingerprint density at radius 3 is 2.63 bits per heavy atom. The first-order valence-electron chi connectivity index (χ1n) is 9.13. The summed E-state index contributed by atoms with van der Waals surface area (Å²) in [5.41, 5.74) is 2.44. The zero-order valence-electron chi connectivity index (χ0n) is 16.2. The molecule has 0 fully saturated rings. The number of hydrogen-bond donors (Lipinski definition) is 2. The first-order valence-corrected chi connectivity index (χ1v) is 9.13. The molecule has 3 rings (SSSR count). The fourth-order valence-electron chi connectivity index (χ4n) is 2.89. The van der Waals surface area contributed by atoms with Gasteiger partial charge >= 0.3 is 12.1 Å². The molecule has 0 saturated carbocycles. The number of aromatic nitrogens is 2. The van der Waals surface area contributed by atoms with Gasteiger partial charge in [-0.3, -0.25) is 19.7 Å². The van der Waals surface area contributed by atoms with Crippen molar-refractivity contribution in [3.05, 3.63) is 75.7 Å². The van der Waals surface area contributed by atoms with Crippen molar-refractivity contribution in [1.29, 1.82) is 0 Å². The summed E-state index contributed by atoms with van der Waals surface area (Å²) >= 11 is 0. The minimum Gasteiger partial charge on any atom is -0.318 e. The number of H-pyrrole nitrogens is 1. The molecule has 1 heterocycles. The maximum atomic E-state index is 12.8. The van der Waals surface area contributed by atoms with Gasteiger partial charge in [0.25, 0.3) is 5.56 Å². The zero-order chi connectivity index (χ0) is 21.9. The summed E-state index contributed by atoms with van der Waals surface area (Å²) in [6.07, 6.45) is -2.75. The first kappa shape index (κ1) is 21.1. The molecule has 0 aliphatic rings. The average Bonchev–Trinajstić information content (AvgIpc) is 2.99. The van der Waals surface area contributed by atoms with Crippen LogP contribution in [0.4, 0.5) is 24.5 Å². The van der Waals surface area contributed by atoms with Crippen molar-refractivity contribution in [2.24, 2.45) is 4.99 Å². The number of hydrogen-bond acceptors (Lipinski definition) is 3. The van der Waals surface area contributed by atoms with Crippen LogP contribution in [0.1, 0.15) is 23.7 Å². The average molecular weight is 416 g/mol. The third kappa shape index (κ3) is 4.51. The second-order valence-electron chi connectivity index (χ2n) is 6.53. The highest BCUT2D eigenvalue weighted by atomic mass is 19.4. The number of amides is 1. The Morgan fingerprint density at radius 1 is 1.20 bits per heavy atom. The highest BCUT2D eigenvalue weighted by Gasteiger charge is 2.38. The number of nitrogens with one attached hydrogen (secondary N) is 2. The van der Waals surface area contributed by atoms with Crippen LogP contribution in [0.15, 0.2) is 58.3 Å². The van der Waals surface area contributed by atoms with Gasteiger partial charge in [-0.25, -0.2) is 4.68 Å². The van der Waals surface area contributed by atoms with Crippen LogP contribution in [-0.2, 0) is 11.2 Å². The van der Waals surface area contributed by atoms with Crippen molar-refractivity contribution >= 4 is 23.5 Å². The molecule has 0 radical (unpaired) electrons. The molecule has 0 atom stereocenters. The van der Waals surface area contributed by atoms with E-state index in [1.54, 1.807) is 12.2 Å². The standard InChI is InChI=1S/C21H19F3N4O2/c1-3-14-7-4-5-10-18(14)25-12-17-13(2)27-28(19(17)29)16-9-6-8-15(11-16)26-20(30)21(22,23)24/h4-12,27H,3H2,1-2H3,(H,26,30). The summed E-state index contributed by atoms with van der Waals surface area (Å²) in [6.45, 7) is 3.70. The number of carbonyl (C=O) groups excluding carboxylic acids is 1. The molecule has 156 valence electrons. The third-order valence-corrected chi connectivity index (χ3v) is 4.44. The van der Waals surface area contributed by atoms with Crippen molar-refractivity contribution < 1.29 is 18.0 Å². The van der Waals surface area contributed by atoms with Crippen LogP contribution in [0.2, 0.25) is 0 Å². The Hall–Kier alpha value is -3.62. The number of halogens is 3. The number of aliphatic imine (C=N–C) groups is 1. The fraction of sp³-hybridized carbons (Fsp3) is 0.190. The number of benzene rings is 2. The molecule has 30 heavy (non-hydrogen) atoms. The summed E-state index contributed by atoms with van der Waals surface area (Å²) in [4.78, 5) is 28.4. The van der Waals surface area contributed by atoms with Crippen molar-refractivity contribution in [3.63, 3.8) is 0 Å². The number of para-hydroxylation sites is 1. The van der Waals surface area contributed by atoms with Crippen LogP contribution in [0.25, 0.3) is 5.69 Å². The third-order valence-electron chi connectivity index (χ3n) is 4.44. The van der Waals surface area contributed by atoms with Crippen LogP contribution < -0.4 is 10.9 Å². The molecule has 9 heteroatoms. The Kier molecular flexibility index (Phi) is 5.91. The Bertz CT molecular complexity index is 1160. The van der Waals surface area contributed by atoms with Crippen LogP contribution in [-0.4, -0.2) is 28.1 Å². The molecule has 1 aromatic heterocycles. The van der Waals surface area contributed by atoms with E-state index in [2.05, 4.69) is 10.1 Å². The molecular weight excluding hydrogens is 397 g/mol. The number of anilines is 1. The molecule has 0 aliphatic heterocycles. The molecule has 2 aromatic carbocycles. The summed E-state index contributed by atoms with van der Waals surface area (Å²) in [5.74, 6) is -2.09. The van der Waals surface area contributed by atoms with Crippen molar-refractivity contribution in [2.45, 2.75) is 26.4 Å². The van der Waals surface area contributed by atoms with Gasteiger partial charge in [0.15, 0.2) is 0 Å². The minimum absolute atomic E-state index is 0.0823. The maximum absolute atomic E-state index is 12.8. The molecule has 0 aliphatic carbocycles.